The van der Waals surface area contributed by atoms with Crippen molar-refractivity contribution in [2.45, 2.75) is 90.1 Å². The Hall–Kier alpha value is -1.10. The molecule has 1 saturated carbocycles. The summed E-state index contributed by atoms with van der Waals surface area (Å²) >= 11 is 0. The highest BCUT2D eigenvalue weighted by molar-refractivity contribution is 5.94. The van der Waals surface area contributed by atoms with Gasteiger partial charge in [-0.1, -0.05) is 26.7 Å². The van der Waals surface area contributed by atoms with Crippen LogP contribution in [0.4, 0.5) is 0 Å². The van der Waals surface area contributed by atoms with Gasteiger partial charge < -0.3 is 15.1 Å². The molecule has 0 aromatic carbocycles. The SMILES string of the molecule is CC1CCCC(NC(=O)C2(C)CCC(=O)N2CC[NH+]2CCCCCC2)C1C. The topological polar surface area (TPSA) is 53.9 Å². The fraction of sp³-hybridized carbons (Fsp3) is 0.909. The van der Waals surface area contributed by atoms with Gasteiger partial charge in [-0.05, 0) is 57.3 Å². The van der Waals surface area contributed by atoms with E-state index in [0.29, 0.717) is 31.2 Å². The molecule has 1 aliphatic carbocycles. The highest BCUT2D eigenvalue weighted by Crippen LogP contribution is 2.33. The third-order valence-corrected chi connectivity index (χ3v) is 7.73. The van der Waals surface area contributed by atoms with Crippen molar-refractivity contribution in [2.24, 2.45) is 11.8 Å². The maximum Gasteiger partial charge on any atom is 0.245 e. The second-order valence-electron chi connectivity index (χ2n) is 9.58. The van der Waals surface area contributed by atoms with E-state index in [0.717, 1.165) is 13.0 Å². The summed E-state index contributed by atoms with van der Waals surface area (Å²) in [5, 5.41) is 3.34. The number of carbonyl (C=O) groups is 2. The molecule has 5 nitrogen and oxygen atoms in total. The fourth-order valence-corrected chi connectivity index (χ4v) is 5.36. The quantitative estimate of drug-likeness (QED) is 0.766. The number of likely N-dealkylation sites (tertiary alicyclic amines) is 2. The molecule has 4 unspecified atom stereocenters. The van der Waals surface area contributed by atoms with Crippen molar-refractivity contribution in [1.29, 1.82) is 0 Å². The molecule has 0 aromatic heterocycles. The molecule has 154 valence electrons. The fourth-order valence-electron chi connectivity index (χ4n) is 5.36. The Morgan fingerprint density at radius 1 is 1.15 bits per heavy atom. The summed E-state index contributed by atoms with van der Waals surface area (Å²) in [5.41, 5.74) is -0.664. The van der Waals surface area contributed by atoms with Crippen molar-refractivity contribution >= 4 is 11.8 Å². The molecule has 0 spiro atoms. The van der Waals surface area contributed by atoms with Crippen LogP contribution in [-0.4, -0.2) is 54.5 Å². The maximum atomic E-state index is 13.2. The molecule has 2 amide bonds. The molecule has 3 fully saturated rings. The van der Waals surface area contributed by atoms with Crippen molar-refractivity contribution < 1.29 is 14.5 Å². The normalized spacial score (nSPS) is 35.9. The molecule has 0 bridgehead atoms. The lowest BCUT2D eigenvalue weighted by atomic mass is 9.77. The average molecular weight is 379 g/mol. The van der Waals surface area contributed by atoms with Crippen molar-refractivity contribution in [1.82, 2.24) is 10.2 Å². The molecule has 0 aromatic rings. The summed E-state index contributed by atoms with van der Waals surface area (Å²) in [6.07, 6.45) is 9.94. The van der Waals surface area contributed by atoms with Gasteiger partial charge in [-0.3, -0.25) is 9.59 Å². The van der Waals surface area contributed by atoms with Gasteiger partial charge in [0.15, 0.2) is 0 Å². The molecule has 2 heterocycles. The molecule has 3 aliphatic rings. The summed E-state index contributed by atoms with van der Waals surface area (Å²) in [5.74, 6) is 1.40. The first-order valence-corrected chi connectivity index (χ1v) is 11.4. The molecular weight excluding hydrogens is 338 g/mol. The summed E-state index contributed by atoms with van der Waals surface area (Å²) in [6, 6.07) is 0.256. The molecule has 3 rings (SSSR count). The zero-order valence-electron chi connectivity index (χ0n) is 17.7. The van der Waals surface area contributed by atoms with Crippen molar-refractivity contribution in [3.63, 3.8) is 0 Å². The monoisotopic (exact) mass is 378 g/mol. The predicted octanol–water partition coefficient (Wildman–Crippen LogP) is 1.77. The molecule has 5 heteroatoms. The van der Waals surface area contributed by atoms with Crippen LogP contribution in [0.2, 0.25) is 0 Å². The Balaban J connectivity index is 1.61. The van der Waals surface area contributed by atoms with Gasteiger partial charge in [0, 0.05) is 12.5 Å². The summed E-state index contributed by atoms with van der Waals surface area (Å²) in [4.78, 5) is 29.3. The Bertz CT molecular complexity index is 530. The number of carbonyl (C=O) groups excluding carboxylic acids is 2. The van der Waals surface area contributed by atoms with E-state index in [4.69, 9.17) is 0 Å². The van der Waals surface area contributed by atoms with Gasteiger partial charge in [0.1, 0.15) is 5.54 Å². The van der Waals surface area contributed by atoms with Gasteiger partial charge in [-0.2, -0.15) is 0 Å². The van der Waals surface area contributed by atoms with E-state index in [1.807, 2.05) is 11.8 Å². The summed E-state index contributed by atoms with van der Waals surface area (Å²) < 4.78 is 0. The smallest absolute Gasteiger partial charge is 0.245 e. The number of hydrogen-bond donors (Lipinski definition) is 2. The zero-order valence-corrected chi connectivity index (χ0v) is 17.7. The standard InChI is InChI=1S/C22H39N3O2/c1-17-9-8-10-19(18(17)2)23-21(27)22(3)12-11-20(26)25(22)16-15-24-13-6-4-5-7-14-24/h17-19H,4-16H2,1-3H3,(H,23,27)/p+1. The molecule has 2 saturated heterocycles. The third kappa shape index (κ3) is 4.67. The Morgan fingerprint density at radius 3 is 2.56 bits per heavy atom. The highest BCUT2D eigenvalue weighted by Gasteiger charge is 2.48. The van der Waals surface area contributed by atoms with Crippen LogP contribution >= 0.6 is 0 Å². The number of amides is 2. The Labute approximate surface area is 165 Å². The highest BCUT2D eigenvalue weighted by atomic mass is 16.2. The third-order valence-electron chi connectivity index (χ3n) is 7.73. The number of quaternary nitrogens is 1. The molecule has 2 aliphatic heterocycles. The van der Waals surface area contributed by atoms with Gasteiger partial charge in [0.2, 0.25) is 11.8 Å². The van der Waals surface area contributed by atoms with E-state index in [1.165, 1.54) is 51.6 Å². The number of nitrogens with zero attached hydrogens (tertiary/aromatic N) is 1. The van der Waals surface area contributed by atoms with Crippen LogP contribution in [0.3, 0.4) is 0 Å². The van der Waals surface area contributed by atoms with E-state index in [9.17, 15) is 9.59 Å². The van der Waals surface area contributed by atoms with Crippen LogP contribution in [0.1, 0.15) is 78.6 Å². The van der Waals surface area contributed by atoms with Crippen LogP contribution in [0, 0.1) is 11.8 Å². The largest absolute Gasteiger partial charge is 0.351 e. The average Bonchev–Trinajstić information content (AvgIpc) is 2.82. The van der Waals surface area contributed by atoms with Crippen LogP contribution < -0.4 is 10.2 Å². The Morgan fingerprint density at radius 2 is 1.85 bits per heavy atom. The molecular formula is C22H40N3O2+. The van der Waals surface area contributed by atoms with E-state index < -0.39 is 5.54 Å². The second kappa shape index (κ2) is 8.93. The minimum Gasteiger partial charge on any atom is -0.351 e. The molecule has 0 radical (unpaired) electrons. The van der Waals surface area contributed by atoms with E-state index >= 15 is 0 Å². The first-order valence-electron chi connectivity index (χ1n) is 11.4. The lowest BCUT2D eigenvalue weighted by Gasteiger charge is -2.39. The number of hydrogen-bond acceptors (Lipinski definition) is 2. The van der Waals surface area contributed by atoms with E-state index in [-0.39, 0.29) is 17.9 Å². The van der Waals surface area contributed by atoms with Crippen LogP contribution in [-0.2, 0) is 9.59 Å². The van der Waals surface area contributed by atoms with Gasteiger partial charge in [-0.15, -0.1) is 0 Å². The van der Waals surface area contributed by atoms with Crippen LogP contribution in [0.5, 0.6) is 0 Å². The second-order valence-corrected chi connectivity index (χ2v) is 9.58. The first-order chi connectivity index (χ1) is 12.9. The summed E-state index contributed by atoms with van der Waals surface area (Å²) in [7, 11) is 0. The Kier molecular flexibility index (Phi) is 6.83. The zero-order chi connectivity index (χ0) is 19.4. The van der Waals surface area contributed by atoms with E-state index in [1.54, 1.807) is 4.90 Å². The predicted molar refractivity (Wildman–Crippen MR) is 107 cm³/mol. The van der Waals surface area contributed by atoms with E-state index in [2.05, 4.69) is 19.2 Å². The number of nitrogens with one attached hydrogen (secondary N) is 2. The van der Waals surface area contributed by atoms with Gasteiger partial charge in [0.05, 0.1) is 26.2 Å². The molecule has 4 atom stereocenters. The van der Waals surface area contributed by atoms with Crippen molar-refractivity contribution in [3.05, 3.63) is 0 Å². The minimum atomic E-state index is -0.664. The number of rotatable bonds is 5. The maximum absolute atomic E-state index is 13.2. The van der Waals surface area contributed by atoms with Gasteiger partial charge in [-0.25, -0.2) is 0 Å². The minimum absolute atomic E-state index is 0.0742. The van der Waals surface area contributed by atoms with Crippen LogP contribution in [0.25, 0.3) is 0 Å². The van der Waals surface area contributed by atoms with Gasteiger partial charge in [0.25, 0.3) is 0 Å². The molecule has 27 heavy (non-hydrogen) atoms. The lowest BCUT2D eigenvalue weighted by molar-refractivity contribution is -0.898. The van der Waals surface area contributed by atoms with Crippen molar-refractivity contribution in [3.8, 4) is 0 Å². The van der Waals surface area contributed by atoms with Gasteiger partial charge >= 0.3 is 0 Å². The first kappa shape index (κ1) is 20.6. The molecule has 2 N–H and O–H groups in total. The lowest BCUT2D eigenvalue weighted by Crippen LogP contribution is -3.12. The van der Waals surface area contributed by atoms with Crippen LogP contribution in [0.15, 0.2) is 0 Å². The van der Waals surface area contributed by atoms with Crippen molar-refractivity contribution in [2.75, 3.05) is 26.2 Å². The summed E-state index contributed by atoms with van der Waals surface area (Å²) in [6.45, 7) is 10.7.